The van der Waals surface area contributed by atoms with Gasteiger partial charge in [-0.3, -0.25) is 9.52 Å². The van der Waals surface area contributed by atoms with Crippen LogP contribution in [-0.2, 0) is 10.0 Å². The minimum Gasteiger partial charge on any atom is -0.497 e. The highest BCUT2D eigenvalue weighted by Gasteiger charge is 2.20. The number of para-hydroxylation sites is 1. The highest BCUT2D eigenvalue weighted by molar-refractivity contribution is 7.92. The van der Waals surface area contributed by atoms with Gasteiger partial charge in [-0.15, -0.1) is 0 Å². The molecule has 0 spiro atoms. The SMILES string of the molecule is COc1ccc(OCCNC(=O)c2ccc(C)c(S(=O)(=O)Nc3ccccc3C)c2)cc1. The fraction of sp³-hybridized carbons (Fsp3) is 0.208. The fourth-order valence-corrected chi connectivity index (χ4v) is 4.43. The summed E-state index contributed by atoms with van der Waals surface area (Å²) < 4.78 is 39.2. The first-order valence-corrected chi connectivity index (χ1v) is 11.5. The van der Waals surface area contributed by atoms with Crippen molar-refractivity contribution in [2.24, 2.45) is 0 Å². The lowest BCUT2D eigenvalue weighted by molar-refractivity contribution is 0.0947. The van der Waals surface area contributed by atoms with Gasteiger partial charge in [-0.25, -0.2) is 8.42 Å². The van der Waals surface area contributed by atoms with E-state index >= 15 is 0 Å². The highest BCUT2D eigenvalue weighted by atomic mass is 32.2. The molecule has 8 heteroatoms. The highest BCUT2D eigenvalue weighted by Crippen LogP contribution is 2.23. The number of amides is 1. The van der Waals surface area contributed by atoms with Gasteiger partial charge >= 0.3 is 0 Å². The van der Waals surface area contributed by atoms with Gasteiger partial charge in [0.05, 0.1) is 24.2 Å². The van der Waals surface area contributed by atoms with Crippen LogP contribution < -0.4 is 19.5 Å². The quantitative estimate of drug-likeness (QED) is 0.478. The van der Waals surface area contributed by atoms with Crippen molar-refractivity contribution in [1.29, 1.82) is 0 Å². The van der Waals surface area contributed by atoms with Crippen LogP contribution in [0.4, 0.5) is 5.69 Å². The molecule has 0 bridgehead atoms. The van der Waals surface area contributed by atoms with Crippen LogP contribution in [0.3, 0.4) is 0 Å². The number of anilines is 1. The van der Waals surface area contributed by atoms with E-state index in [1.807, 2.05) is 19.1 Å². The number of nitrogens with one attached hydrogen (secondary N) is 2. The lowest BCUT2D eigenvalue weighted by atomic mass is 10.1. The maximum absolute atomic E-state index is 12.9. The summed E-state index contributed by atoms with van der Waals surface area (Å²) in [6, 6.07) is 18.8. The first-order chi connectivity index (χ1) is 15.3. The molecule has 168 valence electrons. The maximum Gasteiger partial charge on any atom is 0.262 e. The molecule has 0 unspecified atom stereocenters. The van der Waals surface area contributed by atoms with Gasteiger partial charge in [-0.05, 0) is 67.4 Å². The van der Waals surface area contributed by atoms with Gasteiger partial charge < -0.3 is 14.8 Å². The summed E-state index contributed by atoms with van der Waals surface area (Å²) in [4.78, 5) is 12.6. The lowest BCUT2D eigenvalue weighted by Gasteiger charge is -2.14. The first kappa shape index (κ1) is 23.1. The second-order valence-corrected chi connectivity index (χ2v) is 8.83. The van der Waals surface area contributed by atoms with E-state index in [0.717, 1.165) is 11.3 Å². The molecule has 3 rings (SSSR count). The largest absolute Gasteiger partial charge is 0.497 e. The van der Waals surface area contributed by atoms with Crippen LogP contribution in [0.5, 0.6) is 11.5 Å². The zero-order valence-electron chi connectivity index (χ0n) is 18.2. The van der Waals surface area contributed by atoms with Gasteiger partial charge in [-0.2, -0.15) is 0 Å². The Balaban J connectivity index is 1.63. The molecule has 3 aromatic carbocycles. The van der Waals surface area contributed by atoms with E-state index in [9.17, 15) is 13.2 Å². The second-order valence-electron chi connectivity index (χ2n) is 7.18. The van der Waals surface area contributed by atoms with E-state index < -0.39 is 10.0 Å². The van der Waals surface area contributed by atoms with E-state index in [1.54, 1.807) is 62.6 Å². The number of carbonyl (C=O) groups excluding carboxylic acids is 1. The number of methoxy groups -OCH3 is 1. The normalized spacial score (nSPS) is 11.0. The number of sulfonamides is 1. The predicted octanol–water partition coefficient (Wildman–Crippen LogP) is 3.92. The van der Waals surface area contributed by atoms with Crippen LogP contribution in [0.2, 0.25) is 0 Å². The number of carbonyl (C=O) groups is 1. The van der Waals surface area contributed by atoms with Gasteiger partial charge in [-0.1, -0.05) is 24.3 Å². The topological polar surface area (TPSA) is 93.7 Å². The third-order valence-electron chi connectivity index (χ3n) is 4.85. The fourth-order valence-electron chi connectivity index (χ4n) is 3.03. The summed E-state index contributed by atoms with van der Waals surface area (Å²) in [5.74, 6) is 1.01. The molecule has 0 saturated heterocycles. The minimum absolute atomic E-state index is 0.0582. The first-order valence-electron chi connectivity index (χ1n) is 10.0. The third-order valence-corrected chi connectivity index (χ3v) is 6.35. The van der Waals surface area contributed by atoms with Crippen molar-refractivity contribution >= 4 is 21.6 Å². The standard InChI is InChI=1S/C24H26N2O5S/c1-17-6-4-5-7-22(17)26-32(28,29)23-16-19(9-8-18(23)2)24(27)25-14-15-31-21-12-10-20(30-3)11-13-21/h4-13,16,26H,14-15H2,1-3H3,(H,25,27). The Bertz CT molecular complexity index is 1190. The van der Waals surface area contributed by atoms with Crippen LogP contribution in [0.25, 0.3) is 0 Å². The Hall–Kier alpha value is -3.52. The predicted molar refractivity (Wildman–Crippen MR) is 124 cm³/mol. The molecule has 0 heterocycles. The molecular formula is C24H26N2O5S. The average molecular weight is 455 g/mol. The third kappa shape index (κ3) is 5.79. The molecule has 32 heavy (non-hydrogen) atoms. The smallest absolute Gasteiger partial charge is 0.262 e. The van der Waals surface area contributed by atoms with Gasteiger partial charge in [0.1, 0.15) is 18.1 Å². The molecule has 0 saturated carbocycles. The van der Waals surface area contributed by atoms with Crippen LogP contribution in [-0.4, -0.2) is 34.6 Å². The molecule has 1 amide bonds. The molecule has 0 fully saturated rings. The number of aryl methyl sites for hydroxylation is 2. The van der Waals surface area contributed by atoms with Gasteiger partial charge in [0.2, 0.25) is 0 Å². The van der Waals surface area contributed by atoms with E-state index in [-0.39, 0.29) is 29.5 Å². The Morgan fingerprint density at radius 3 is 2.28 bits per heavy atom. The van der Waals surface area contributed by atoms with Crippen molar-refractivity contribution in [1.82, 2.24) is 5.32 Å². The van der Waals surface area contributed by atoms with Crippen molar-refractivity contribution in [2.45, 2.75) is 18.7 Å². The Morgan fingerprint density at radius 1 is 0.906 bits per heavy atom. The van der Waals surface area contributed by atoms with Crippen molar-refractivity contribution < 1.29 is 22.7 Å². The Morgan fingerprint density at radius 2 is 1.59 bits per heavy atom. The number of benzene rings is 3. The van der Waals surface area contributed by atoms with Gasteiger partial charge in [0.25, 0.3) is 15.9 Å². The Labute approximate surface area is 188 Å². The summed E-state index contributed by atoms with van der Waals surface area (Å²) in [6.45, 7) is 4.05. The molecule has 2 N–H and O–H groups in total. The van der Waals surface area contributed by atoms with Crippen LogP contribution in [0.15, 0.2) is 71.6 Å². The molecular weight excluding hydrogens is 428 g/mol. The monoisotopic (exact) mass is 454 g/mol. The van der Waals surface area contributed by atoms with E-state index in [0.29, 0.717) is 17.0 Å². The van der Waals surface area contributed by atoms with E-state index in [4.69, 9.17) is 9.47 Å². The maximum atomic E-state index is 12.9. The molecule has 0 aromatic heterocycles. The summed E-state index contributed by atoms with van der Waals surface area (Å²) in [6.07, 6.45) is 0. The number of ether oxygens (including phenoxy) is 2. The summed E-state index contributed by atoms with van der Waals surface area (Å²) in [5, 5.41) is 2.74. The van der Waals surface area contributed by atoms with E-state index in [2.05, 4.69) is 10.0 Å². The molecule has 3 aromatic rings. The molecule has 0 radical (unpaired) electrons. The van der Waals surface area contributed by atoms with Crippen molar-refractivity contribution in [3.8, 4) is 11.5 Å². The zero-order chi connectivity index (χ0) is 23.1. The summed E-state index contributed by atoms with van der Waals surface area (Å²) in [5.41, 5.74) is 2.10. The van der Waals surface area contributed by atoms with Crippen molar-refractivity contribution in [3.63, 3.8) is 0 Å². The van der Waals surface area contributed by atoms with Gasteiger partial charge in [0, 0.05) is 5.56 Å². The lowest BCUT2D eigenvalue weighted by Crippen LogP contribution is -2.28. The second kappa shape index (κ2) is 10.2. The summed E-state index contributed by atoms with van der Waals surface area (Å²) >= 11 is 0. The average Bonchev–Trinajstić information content (AvgIpc) is 2.78. The number of hydrogen-bond donors (Lipinski definition) is 2. The van der Waals surface area contributed by atoms with Crippen LogP contribution in [0.1, 0.15) is 21.5 Å². The Kier molecular flexibility index (Phi) is 7.37. The molecule has 0 atom stereocenters. The zero-order valence-corrected chi connectivity index (χ0v) is 19.0. The van der Waals surface area contributed by atoms with Crippen LogP contribution >= 0.6 is 0 Å². The number of hydrogen-bond acceptors (Lipinski definition) is 5. The summed E-state index contributed by atoms with van der Waals surface area (Å²) in [7, 11) is -2.27. The van der Waals surface area contributed by atoms with Crippen LogP contribution in [0, 0.1) is 13.8 Å². The number of rotatable bonds is 9. The molecule has 7 nitrogen and oxygen atoms in total. The minimum atomic E-state index is -3.85. The van der Waals surface area contributed by atoms with E-state index in [1.165, 1.54) is 6.07 Å². The molecule has 0 aliphatic rings. The molecule has 0 aliphatic carbocycles. The van der Waals surface area contributed by atoms with Crippen molar-refractivity contribution in [2.75, 3.05) is 25.0 Å². The van der Waals surface area contributed by atoms with Gasteiger partial charge in [0.15, 0.2) is 0 Å². The molecule has 0 aliphatic heterocycles. The van der Waals surface area contributed by atoms with Crippen molar-refractivity contribution in [3.05, 3.63) is 83.4 Å².